The summed E-state index contributed by atoms with van der Waals surface area (Å²) in [5, 5.41) is 3.31. The number of hydrogen-bond acceptors (Lipinski definition) is 3. The Morgan fingerprint density at radius 3 is 2.20 bits per heavy atom. The van der Waals surface area contributed by atoms with E-state index >= 15 is 0 Å². The largest absolute Gasteiger partial charge is 0.484 e. The average Bonchev–Trinajstić information content (AvgIpc) is 2.62. The molecule has 0 aromatic heterocycles. The van der Waals surface area contributed by atoms with Crippen LogP contribution in [0.4, 0.5) is 13.2 Å². The van der Waals surface area contributed by atoms with E-state index in [0.29, 0.717) is 12.3 Å². The summed E-state index contributed by atoms with van der Waals surface area (Å²) in [6.07, 6.45) is -4.56. The van der Waals surface area contributed by atoms with Crippen molar-refractivity contribution < 1.29 is 17.9 Å². The van der Waals surface area contributed by atoms with Crippen LogP contribution in [0.3, 0.4) is 0 Å². The molecule has 1 saturated heterocycles. The molecule has 1 aliphatic heterocycles. The smallest absolute Gasteiger partial charge is 0.416 e. The first kappa shape index (κ1) is 17.8. The molecular weight excluding hydrogens is 329 g/mol. The van der Waals surface area contributed by atoms with Gasteiger partial charge in [-0.15, -0.1) is 0 Å². The van der Waals surface area contributed by atoms with Crippen molar-refractivity contribution in [3.05, 3.63) is 65.7 Å². The summed E-state index contributed by atoms with van der Waals surface area (Å²) in [6, 6.07) is 14.7. The van der Waals surface area contributed by atoms with E-state index in [1.165, 1.54) is 12.1 Å². The van der Waals surface area contributed by atoms with Crippen LogP contribution in [0.15, 0.2) is 54.6 Å². The maximum absolute atomic E-state index is 12.7. The fraction of sp³-hybridized carbons (Fsp3) is 0.368. The predicted molar refractivity (Wildman–Crippen MR) is 90.6 cm³/mol. The number of nitrogens with one attached hydrogen (secondary N) is 1. The Morgan fingerprint density at radius 1 is 0.960 bits per heavy atom. The van der Waals surface area contributed by atoms with Crippen molar-refractivity contribution in [3.63, 3.8) is 0 Å². The second-order valence-corrected chi connectivity index (χ2v) is 6.09. The van der Waals surface area contributed by atoms with Crippen LogP contribution in [0.2, 0.25) is 0 Å². The quantitative estimate of drug-likeness (QED) is 0.889. The zero-order valence-corrected chi connectivity index (χ0v) is 13.8. The SMILES string of the molecule is FC(F)(F)c1ccc(OC(CN2CCNCC2)c2ccccc2)cc1. The molecule has 25 heavy (non-hydrogen) atoms. The molecule has 3 rings (SSSR count). The molecule has 1 atom stereocenters. The molecule has 2 aromatic rings. The molecule has 1 aliphatic rings. The molecule has 0 radical (unpaired) electrons. The first-order chi connectivity index (χ1) is 12.0. The van der Waals surface area contributed by atoms with Crippen LogP contribution in [0.5, 0.6) is 5.75 Å². The van der Waals surface area contributed by atoms with E-state index in [2.05, 4.69) is 10.2 Å². The highest BCUT2D eigenvalue weighted by Gasteiger charge is 2.30. The second-order valence-electron chi connectivity index (χ2n) is 6.09. The van der Waals surface area contributed by atoms with Crippen LogP contribution in [0.1, 0.15) is 17.2 Å². The summed E-state index contributed by atoms with van der Waals surface area (Å²) in [7, 11) is 0. The third kappa shape index (κ3) is 4.96. The van der Waals surface area contributed by atoms with Gasteiger partial charge < -0.3 is 10.1 Å². The lowest BCUT2D eigenvalue weighted by molar-refractivity contribution is -0.137. The van der Waals surface area contributed by atoms with Gasteiger partial charge in [-0.1, -0.05) is 30.3 Å². The Bertz CT molecular complexity index is 653. The number of ether oxygens (including phenoxy) is 1. The van der Waals surface area contributed by atoms with Crippen molar-refractivity contribution in [1.82, 2.24) is 10.2 Å². The van der Waals surface area contributed by atoms with Gasteiger partial charge >= 0.3 is 6.18 Å². The number of benzene rings is 2. The van der Waals surface area contributed by atoms with Gasteiger partial charge in [0.1, 0.15) is 11.9 Å². The molecule has 2 aromatic carbocycles. The highest BCUT2D eigenvalue weighted by molar-refractivity contribution is 5.30. The number of nitrogens with zero attached hydrogens (tertiary/aromatic N) is 1. The summed E-state index contributed by atoms with van der Waals surface area (Å²) in [4.78, 5) is 2.30. The summed E-state index contributed by atoms with van der Waals surface area (Å²) >= 11 is 0. The third-order valence-electron chi connectivity index (χ3n) is 4.26. The van der Waals surface area contributed by atoms with Crippen molar-refractivity contribution in [2.45, 2.75) is 12.3 Å². The van der Waals surface area contributed by atoms with Gasteiger partial charge in [-0.2, -0.15) is 13.2 Å². The summed E-state index contributed by atoms with van der Waals surface area (Å²) < 4.78 is 44.1. The van der Waals surface area contributed by atoms with Crippen LogP contribution >= 0.6 is 0 Å². The number of alkyl halides is 3. The first-order valence-corrected chi connectivity index (χ1v) is 8.34. The van der Waals surface area contributed by atoms with E-state index in [4.69, 9.17) is 4.74 Å². The van der Waals surface area contributed by atoms with Gasteiger partial charge in [-0.3, -0.25) is 4.90 Å². The van der Waals surface area contributed by atoms with E-state index in [-0.39, 0.29) is 6.10 Å². The van der Waals surface area contributed by atoms with E-state index in [9.17, 15) is 13.2 Å². The Labute approximate surface area is 145 Å². The minimum Gasteiger partial charge on any atom is -0.484 e. The summed E-state index contributed by atoms with van der Waals surface area (Å²) in [6.45, 7) is 4.43. The number of rotatable bonds is 5. The van der Waals surface area contributed by atoms with Crippen molar-refractivity contribution in [3.8, 4) is 5.75 Å². The molecular formula is C19H21F3N2O. The Hall–Kier alpha value is -2.05. The number of hydrogen-bond donors (Lipinski definition) is 1. The van der Waals surface area contributed by atoms with Gasteiger partial charge in [0.25, 0.3) is 0 Å². The lowest BCUT2D eigenvalue weighted by Gasteiger charge is -2.31. The molecule has 0 amide bonds. The molecule has 1 heterocycles. The average molecular weight is 350 g/mol. The minimum atomic E-state index is -4.34. The topological polar surface area (TPSA) is 24.5 Å². The summed E-state index contributed by atoms with van der Waals surface area (Å²) in [5.41, 5.74) is 0.346. The fourth-order valence-corrected chi connectivity index (χ4v) is 2.89. The van der Waals surface area contributed by atoms with Crippen LogP contribution in [0, 0.1) is 0 Å². The lowest BCUT2D eigenvalue weighted by Crippen LogP contribution is -2.45. The zero-order chi connectivity index (χ0) is 17.7. The Morgan fingerprint density at radius 2 is 1.60 bits per heavy atom. The predicted octanol–water partition coefficient (Wildman–Crippen LogP) is 3.73. The number of piperazine rings is 1. The van der Waals surface area contributed by atoms with Crippen LogP contribution in [0.25, 0.3) is 0 Å². The third-order valence-corrected chi connectivity index (χ3v) is 4.26. The van der Waals surface area contributed by atoms with Gasteiger partial charge in [0.15, 0.2) is 0 Å². The zero-order valence-electron chi connectivity index (χ0n) is 13.8. The van der Waals surface area contributed by atoms with Gasteiger partial charge in [0.05, 0.1) is 5.56 Å². The highest BCUT2D eigenvalue weighted by atomic mass is 19.4. The van der Waals surface area contributed by atoms with Gasteiger partial charge in [0.2, 0.25) is 0 Å². The van der Waals surface area contributed by atoms with Gasteiger partial charge in [-0.25, -0.2) is 0 Å². The molecule has 0 aliphatic carbocycles. The molecule has 6 heteroatoms. The monoisotopic (exact) mass is 350 g/mol. The molecule has 0 saturated carbocycles. The van der Waals surface area contributed by atoms with E-state index in [1.807, 2.05) is 30.3 Å². The molecule has 1 unspecified atom stereocenters. The maximum Gasteiger partial charge on any atom is 0.416 e. The van der Waals surface area contributed by atoms with Crippen LogP contribution in [-0.2, 0) is 6.18 Å². The van der Waals surface area contributed by atoms with Gasteiger partial charge in [0, 0.05) is 32.7 Å². The molecule has 1 N–H and O–H groups in total. The van der Waals surface area contributed by atoms with Crippen molar-refractivity contribution in [1.29, 1.82) is 0 Å². The fourth-order valence-electron chi connectivity index (χ4n) is 2.89. The molecule has 0 bridgehead atoms. The molecule has 1 fully saturated rings. The molecule has 134 valence electrons. The van der Waals surface area contributed by atoms with Crippen LogP contribution < -0.4 is 10.1 Å². The van der Waals surface area contributed by atoms with Crippen LogP contribution in [-0.4, -0.2) is 37.6 Å². The van der Waals surface area contributed by atoms with Crippen molar-refractivity contribution in [2.24, 2.45) is 0 Å². The second kappa shape index (κ2) is 7.89. The van der Waals surface area contributed by atoms with E-state index < -0.39 is 11.7 Å². The standard InChI is InChI=1S/C19H21F3N2O/c20-19(21,22)16-6-8-17(9-7-16)25-18(15-4-2-1-3-5-15)14-24-12-10-23-11-13-24/h1-9,18,23H,10-14H2. The summed E-state index contributed by atoms with van der Waals surface area (Å²) in [5.74, 6) is 0.442. The first-order valence-electron chi connectivity index (χ1n) is 8.34. The van der Waals surface area contributed by atoms with E-state index in [0.717, 1.165) is 43.9 Å². The highest BCUT2D eigenvalue weighted by Crippen LogP contribution is 2.31. The van der Waals surface area contributed by atoms with E-state index in [1.54, 1.807) is 0 Å². The Balaban J connectivity index is 1.75. The van der Waals surface area contributed by atoms with Gasteiger partial charge in [-0.05, 0) is 29.8 Å². The molecule has 3 nitrogen and oxygen atoms in total. The van der Waals surface area contributed by atoms with Crippen molar-refractivity contribution >= 4 is 0 Å². The Kier molecular flexibility index (Phi) is 5.60. The maximum atomic E-state index is 12.7. The molecule has 0 spiro atoms. The number of halogens is 3. The minimum absolute atomic E-state index is 0.226. The normalized spacial score (nSPS) is 17.2. The lowest BCUT2D eigenvalue weighted by atomic mass is 10.1. The van der Waals surface area contributed by atoms with Crippen molar-refractivity contribution in [2.75, 3.05) is 32.7 Å².